The first kappa shape index (κ1) is 23.0. The zero-order valence-corrected chi connectivity index (χ0v) is 18.9. The van der Waals surface area contributed by atoms with Gasteiger partial charge in [0.05, 0.1) is 26.8 Å². The van der Waals surface area contributed by atoms with Crippen molar-refractivity contribution in [3.05, 3.63) is 27.2 Å². The van der Waals surface area contributed by atoms with E-state index >= 15 is 0 Å². The zero-order chi connectivity index (χ0) is 18.7. The summed E-state index contributed by atoms with van der Waals surface area (Å²) < 4.78 is 0. The Hall–Kier alpha value is -0.330. The lowest BCUT2D eigenvalue weighted by Crippen LogP contribution is -2.34. The van der Waals surface area contributed by atoms with Gasteiger partial charge in [0.15, 0.2) is 5.17 Å². The van der Waals surface area contributed by atoms with Gasteiger partial charge < -0.3 is 10.2 Å². The van der Waals surface area contributed by atoms with Crippen molar-refractivity contribution >= 4 is 75.7 Å². The van der Waals surface area contributed by atoms with Crippen LogP contribution < -0.4 is 5.32 Å². The van der Waals surface area contributed by atoms with Gasteiger partial charge in [0.2, 0.25) is 5.91 Å². The normalized spacial score (nSPS) is 22.0. The lowest BCUT2D eigenvalue weighted by atomic mass is 9.96. The van der Waals surface area contributed by atoms with Gasteiger partial charge in [-0.05, 0) is 25.0 Å². The fraction of sp³-hybridized carbons (Fsp3) is 0.556. The molecule has 0 spiro atoms. The first-order chi connectivity index (χ1) is 12.4. The van der Waals surface area contributed by atoms with Crippen LogP contribution in [0.25, 0.3) is 0 Å². The highest BCUT2D eigenvalue weighted by Gasteiger charge is 2.30. The Morgan fingerprint density at radius 2 is 1.85 bits per heavy atom. The highest BCUT2D eigenvalue weighted by molar-refractivity contribution is 8.14. The number of benzene rings is 1. The predicted octanol–water partition coefficient (Wildman–Crippen LogP) is 6.13. The zero-order valence-electron chi connectivity index (χ0n) is 15.0. The molecule has 2 aliphatic rings. The van der Waals surface area contributed by atoms with Crippen LogP contribution in [0.2, 0.25) is 15.1 Å². The van der Waals surface area contributed by atoms with Crippen LogP contribution in [0.4, 0.5) is 5.69 Å². The van der Waals surface area contributed by atoms with Crippen LogP contribution in [0.5, 0.6) is 0 Å². The van der Waals surface area contributed by atoms with Gasteiger partial charge in [0.25, 0.3) is 0 Å². The average molecular weight is 471 g/mol. The molecule has 1 aromatic rings. The van der Waals surface area contributed by atoms with E-state index in [0.29, 0.717) is 33.2 Å². The van der Waals surface area contributed by atoms with Crippen LogP contribution in [-0.2, 0) is 4.79 Å². The molecule has 1 heterocycles. The van der Waals surface area contributed by atoms with E-state index in [1.165, 1.54) is 38.2 Å². The Morgan fingerprint density at radius 3 is 2.56 bits per heavy atom. The maximum atomic E-state index is 12.4. The summed E-state index contributed by atoms with van der Waals surface area (Å²) in [5, 5.41) is 4.99. The second-order valence-corrected chi connectivity index (χ2v) is 8.99. The van der Waals surface area contributed by atoms with Crippen molar-refractivity contribution in [1.82, 2.24) is 4.90 Å². The highest BCUT2D eigenvalue weighted by Crippen LogP contribution is 2.33. The molecule has 1 aliphatic carbocycles. The number of amides is 1. The van der Waals surface area contributed by atoms with E-state index in [9.17, 15) is 4.79 Å². The third-order valence-electron chi connectivity index (χ3n) is 4.83. The fourth-order valence-corrected chi connectivity index (χ4v) is 5.12. The van der Waals surface area contributed by atoms with Crippen LogP contribution in [0.1, 0.15) is 38.5 Å². The van der Waals surface area contributed by atoms with Gasteiger partial charge in [-0.3, -0.25) is 9.79 Å². The molecule has 3 rings (SSSR count). The Balaban J connectivity index is 0.00000261. The van der Waals surface area contributed by atoms with Crippen LogP contribution in [-0.4, -0.2) is 40.9 Å². The van der Waals surface area contributed by atoms with Crippen molar-refractivity contribution in [3.63, 3.8) is 0 Å². The smallest absolute Gasteiger partial charge is 0.226 e. The lowest BCUT2D eigenvalue weighted by molar-refractivity contribution is -0.116. The van der Waals surface area contributed by atoms with E-state index in [1.807, 2.05) is 7.05 Å². The Kier molecular flexibility index (Phi) is 8.88. The second kappa shape index (κ2) is 10.4. The maximum Gasteiger partial charge on any atom is 0.226 e. The number of anilines is 1. The molecule has 0 bridgehead atoms. The molecule has 1 amide bonds. The van der Waals surface area contributed by atoms with E-state index < -0.39 is 0 Å². The fourth-order valence-electron chi connectivity index (χ4n) is 3.26. The lowest BCUT2D eigenvalue weighted by Gasteiger charge is -2.23. The van der Waals surface area contributed by atoms with Gasteiger partial charge >= 0.3 is 0 Å². The summed E-state index contributed by atoms with van der Waals surface area (Å²) in [6.07, 6.45) is 6.60. The van der Waals surface area contributed by atoms with Crippen LogP contribution >= 0.6 is 59.0 Å². The molecule has 1 aromatic carbocycles. The highest BCUT2D eigenvalue weighted by atomic mass is 35.5. The first-order valence-corrected chi connectivity index (χ1v) is 10.9. The minimum Gasteiger partial charge on any atom is -0.350 e. The quantitative estimate of drug-likeness (QED) is 0.538. The van der Waals surface area contributed by atoms with Crippen LogP contribution in [0, 0.1) is 0 Å². The molecule has 1 N–H and O–H groups in total. The van der Waals surface area contributed by atoms with Crippen molar-refractivity contribution < 1.29 is 4.79 Å². The second-order valence-electron chi connectivity index (χ2n) is 6.78. The summed E-state index contributed by atoms with van der Waals surface area (Å²) in [6, 6.07) is 3.68. The topological polar surface area (TPSA) is 44.7 Å². The number of carbonyl (C=O) groups excluding carboxylic acids is 1. The SMILES string of the molecule is CN1/C(=N/C2CCCCC2)SCC1CC(=O)Nc1cc(Cl)c(Cl)cc1Cl.Cl. The van der Waals surface area contributed by atoms with Crippen molar-refractivity contribution in [2.45, 2.75) is 50.6 Å². The van der Waals surface area contributed by atoms with Gasteiger partial charge in [0, 0.05) is 25.3 Å². The number of hydrogen-bond donors (Lipinski definition) is 1. The van der Waals surface area contributed by atoms with E-state index in [1.54, 1.807) is 17.8 Å². The molecular weight excluding hydrogens is 448 g/mol. The molecule has 0 radical (unpaired) electrons. The number of nitrogens with one attached hydrogen (secondary N) is 1. The molecule has 27 heavy (non-hydrogen) atoms. The van der Waals surface area contributed by atoms with Crippen LogP contribution in [0.3, 0.4) is 0 Å². The summed E-state index contributed by atoms with van der Waals surface area (Å²) in [5.74, 6) is 0.770. The minimum atomic E-state index is -0.0957. The van der Waals surface area contributed by atoms with Crippen LogP contribution in [0.15, 0.2) is 17.1 Å². The van der Waals surface area contributed by atoms with Crippen molar-refractivity contribution in [2.75, 3.05) is 18.1 Å². The van der Waals surface area contributed by atoms with E-state index in [-0.39, 0.29) is 24.4 Å². The summed E-state index contributed by atoms with van der Waals surface area (Å²) in [6.45, 7) is 0. The third-order valence-corrected chi connectivity index (χ3v) is 7.06. The number of aliphatic imine (C=N–C) groups is 1. The molecule has 0 aromatic heterocycles. The number of hydrogen-bond acceptors (Lipinski definition) is 3. The standard InChI is InChI=1S/C18H22Cl3N3OS.ClH/c1-24-12(10-26-18(24)22-11-5-3-2-4-6-11)7-17(25)23-16-9-14(20)13(19)8-15(16)21;/h8-9,11-12H,2-7,10H2,1H3,(H,23,25);1H/b22-18-;. The average Bonchev–Trinajstić information content (AvgIpc) is 2.94. The Morgan fingerprint density at radius 1 is 1.19 bits per heavy atom. The molecule has 1 unspecified atom stereocenters. The van der Waals surface area contributed by atoms with E-state index in [0.717, 1.165) is 10.9 Å². The number of rotatable bonds is 4. The van der Waals surface area contributed by atoms with Gasteiger partial charge in [-0.15, -0.1) is 12.4 Å². The molecule has 1 saturated heterocycles. The molecule has 4 nitrogen and oxygen atoms in total. The summed E-state index contributed by atoms with van der Waals surface area (Å²) in [7, 11) is 2.02. The summed E-state index contributed by atoms with van der Waals surface area (Å²) >= 11 is 19.8. The third kappa shape index (κ3) is 6.07. The van der Waals surface area contributed by atoms with Crippen molar-refractivity contribution in [1.29, 1.82) is 0 Å². The van der Waals surface area contributed by atoms with Gasteiger partial charge in [0.1, 0.15) is 0 Å². The number of carbonyl (C=O) groups is 1. The number of halogens is 4. The van der Waals surface area contributed by atoms with Crippen molar-refractivity contribution in [3.8, 4) is 0 Å². The number of thioether (sulfide) groups is 1. The monoisotopic (exact) mass is 469 g/mol. The molecule has 1 saturated carbocycles. The van der Waals surface area contributed by atoms with E-state index in [4.69, 9.17) is 39.8 Å². The summed E-state index contributed by atoms with van der Waals surface area (Å²) in [5.41, 5.74) is 0.482. The molecule has 1 atom stereocenters. The Bertz CT molecular complexity index is 710. The number of nitrogens with zero attached hydrogens (tertiary/aromatic N) is 2. The summed E-state index contributed by atoms with van der Waals surface area (Å²) in [4.78, 5) is 19.5. The molecule has 1 aliphatic heterocycles. The first-order valence-electron chi connectivity index (χ1n) is 8.82. The number of amidine groups is 1. The van der Waals surface area contributed by atoms with Gasteiger partial charge in [-0.2, -0.15) is 0 Å². The molecule has 150 valence electrons. The minimum absolute atomic E-state index is 0. The Labute approximate surface area is 185 Å². The maximum absolute atomic E-state index is 12.4. The van der Waals surface area contributed by atoms with Gasteiger partial charge in [-0.25, -0.2) is 0 Å². The van der Waals surface area contributed by atoms with Gasteiger partial charge in [-0.1, -0.05) is 65.8 Å². The largest absolute Gasteiger partial charge is 0.350 e. The predicted molar refractivity (Wildman–Crippen MR) is 120 cm³/mol. The van der Waals surface area contributed by atoms with E-state index in [2.05, 4.69) is 10.2 Å². The molecule has 2 fully saturated rings. The molecule has 9 heteroatoms. The molecular formula is C18H23Cl4N3OS. The van der Waals surface area contributed by atoms with Crippen molar-refractivity contribution in [2.24, 2.45) is 4.99 Å².